The second-order valence-corrected chi connectivity index (χ2v) is 8.02. The van der Waals surface area contributed by atoms with Crippen molar-refractivity contribution in [2.75, 3.05) is 12.4 Å². The maximum absolute atomic E-state index is 13.1. The fraction of sp³-hybridized carbons (Fsp3) is 0.350. The molecule has 2 aromatic heterocycles. The maximum Gasteiger partial charge on any atom is 0.316 e. The second-order valence-electron chi connectivity index (χ2n) is 5.97. The molecule has 3 aromatic rings. The number of rotatable bonds is 8. The minimum Gasteiger partial charge on any atom is -0.465 e. The number of nitrogens with zero attached hydrogens (tertiary/aromatic N) is 2. The number of carbonyl (C=O) groups is 1. The number of fused-ring (bicyclic) bond motifs is 1. The van der Waals surface area contributed by atoms with Crippen LogP contribution in [0, 0.1) is 0 Å². The molecular weight excluding hydrogens is 380 g/mol. The average molecular weight is 403 g/mol. The molecule has 0 aliphatic heterocycles. The maximum atomic E-state index is 13.1. The first-order valence-electron chi connectivity index (χ1n) is 8.98. The van der Waals surface area contributed by atoms with E-state index in [1.807, 2.05) is 36.4 Å². The number of thiophene rings is 1. The van der Waals surface area contributed by atoms with Crippen molar-refractivity contribution in [1.29, 1.82) is 0 Å². The van der Waals surface area contributed by atoms with Gasteiger partial charge in [0.25, 0.3) is 5.56 Å². The molecule has 0 unspecified atom stereocenters. The summed E-state index contributed by atoms with van der Waals surface area (Å²) < 4.78 is 6.69. The van der Waals surface area contributed by atoms with Crippen molar-refractivity contribution in [2.24, 2.45) is 0 Å². The lowest BCUT2D eigenvalue weighted by molar-refractivity contribution is -0.139. The standard InChI is InChI=1S/C20H22N2O3S2/c1-3-15-12-16-18(27-15)21-20(26-13-17(23)25-4-2)22(19(16)24)11-10-14-8-6-5-7-9-14/h5-9,12H,3-4,10-11,13H2,1-2H3. The van der Waals surface area contributed by atoms with Gasteiger partial charge in [-0.05, 0) is 31.4 Å². The van der Waals surface area contributed by atoms with Gasteiger partial charge in [-0.1, -0.05) is 49.0 Å². The van der Waals surface area contributed by atoms with E-state index in [-0.39, 0.29) is 17.3 Å². The molecule has 1 aromatic carbocycles. The van der Waals surface area contributed by atoms with Crippen LogP contribution in [0.25, 0.3) is 10.2 Å². The lowest BCUT2D eigenvalue weighted by Crippen LogP contribution is -2.24. The van der Waals surface area contributed by atoms with E-state index in [9.17, 15) is 9.59 Å². The fourth-order valence-corrected chi connectivity index (χ4v) is 4.57. The van der Waals surface area contributed by atoms with Crippen molar-refractivity contribution in [2.45, 2.75) is 38.4 Å². The summed E-state index contributed by atoms with van der Waals surface area (Å²) in [5.41, 5.74) is 1.11. The number of ether oxygens (including phenoxy) is 1. The van der Waals surface area contributed by atoms with E-state index in [0.29, 0.717) is 23.7 Å². The smallest absolute Gasteiger partial charge is 0.316 e. The van der Waals surface area contributed by atoms with Crippen LogP contribution in [0.2, 0.25) is 0 Å². The van der Waals surface area contributed by atoms with Gasteiger partial charge >= 0.3 is 5.97 Å². The van der Waals surface area contributed by atoms with Crippen LogP contribution in [0.3, 0.4) is 0 Å². The summed E-state index contributed by atoms with van der Waals surface area (Å²) in [5, 5.41) is 1.23. The Morgan fingerprint density at radius 2 is 2.04 bits per heavy atom. The number of aryl methyl sites for hydroxylation is 2. The van der Waals surface area contributed by atoms with Crippen LogP contribution in [0.5, 0.6) is 0 Å². The number of carbonyl (C=O) groups excluding carboxylic acids is 1. The molecule has 0 saturated carbocycles. The van der Waals surface area contributed by atoms with Gasteiger partial charge in [0.05, 0.1) is 17.7 Å². The minimum absolute atomic E-state index is 0.0433. The van der Waals surface area contributed by atoms with Gasteiger partial charge < -0.3 is 4.74 Å². The van der Waals surface area contributed by atoms with Crippen LogP contribution in [0.4, 0.5) is 0 Å². The molecule has 0 amide bonds. The van der Waals surface area contributed by atoms with Crippen molar-refractivity contribution >= 4 is 39.3 Å². The predicted molar refractivity (Wildman–Crippen MR) is 111 cm³/mol. The van der Waals surface area contributed by atoms with E-state index in [2.05, 4.69) is 11.9 Å². The molecule has 0 fully saturated rings. The van der Waals surface area contributed by atoms with E-state index in [1.165, 1.54) is 23.1 Å². The number of thioether (sulfide) groups is 1. The normalized spacial score (nSPS) is 11.0. The van der Waals surface area contributed by atoms with Crippen molar-refractivity contribution in [3.8, 4) is 0 Å². The fourth-order valence-electron chi connectivity index (χ4n) is 2.74. The molecule has 3 rings (SSSR count). The third kappa shape index (κ3) is 4.78. The highest BCUT2D eigenvalue weighted by Crippen LogP contribution is 2.25. The molecule has 7 heteroatoms. The molecule has 27 heavy (non-hydrogen) atoms. The predicted octanol–water partition coefficient (Wildman–Crippen LogP) is 3.92. The van der Waals surface area contributed by atoms with Crippen LogP contribution in [0.15, 0.2) is 46.3 Å². The molecule has 0 aliphatic rings. The largest absolute Gasteiger partial charge is 0.465 e. The first-order valence-corrected chi connectivity index (χ1v) is 10.8. The highest BCUT2D eigenvalue weighted by atomic mass is 32.2. The Kier molecular flexibility index (Phi) is 6.68. The van der Waals surface area contributed by atoms with Gasteiger partial charge in [0.1, 0.15) is 4.83 Å². The molecule has 0 spiro atoms. The quantitative estimate of drug-likeness (QED) is 0.325. The number of benzene rings is 1. The third-order valence-corrected chi connectivity index (χ3v) is 6.23. The zero-order valence-electron chi connectivity index (χ0n) is 15.4. The third-order valence-electron chi connectivity index (χ3n) is 4.11. The van der Waals surface area contributed by atoms with E-state index in [4.69, 9.17) is 4.74 Å². The summed E-state index contributed by atoms with van der Waals surface area (Å²) >= 11 is 2.80. The van der Waals surface area contributed by atoms with E-state index < -0.39 is 0 Å². The van der Waals surface area contributed by atoms with E-state index in [1.54, 1.807) is 11.5 Å². The Hall–Kier alpha value is -2.12. The van der Waals surface area contributed by atoms with Gasteiger partial charge in [0, 0.05) is 11.4 Å². The topological polar surface area (TPSA) is 61.2 Å². The molecule has 0 bridgehead atoms. The summed E-state index contributed by atoms with van der Waals surface area (Å²) in [6.07, 6.45) is 1.60. The van der Waals surface area contributed by atoms with E-state index >= 15 is 0 Å². The van der Waals surface area contributed by atoms with Gasteiger partial charge in [0.2, 0.25) is 0 Å². The Labute approximate surface area is 166 Å². The summed E-state index contributed by atoms with van der Waals surface area (Å²) in [4.78, 5) is 31.4. The minimum atomic E-state index is -0.299. The summed E-state index contributed by atoms with van der Waals surface area (Å²) in [5.74, 6) is -0.157. The molecule has 0 radical (unpaired) electrons. The lowest BCUT2D eigenvalue weighted by Gasteiger charge is -2.12. The second kappa shape index (κ2) is 9.19. The van der Waals surface area contributed by atoms with Crippen molar-refractivity contribution in [3.05, 3.63) is 57.2 Å². The van der Waals surface area contributed by atoms with Crippen molar-refractivity contribution in [1.82, 2.24) is 9.55 Å². The molecule has 142 valence electrons. The summed E-state index contributed by atoms with van der Waals surface area (Å²) in [6.45, 7) is 4.71. The Morgan fingerprint density at radius 1 is 1.26 bits per heavy atom. The number of hydrogen-bond acceptors (Lipinski definition) is 6. The Bertz CT molecular complexity index is 980. The van der Waals surface area contributed by atoms with Crippen LogP contribution in [-0.2, 0) is 28.9 Å². The molecule has 0 saturated heterocycles. The Morgan fingerprint density at radius 3 is 2.74 bits per heavy atom. The molecule has 2 heterocycles. The first kappa shape index (κ1) is 19.6. The summed E-state index contributed by atoms with van der Waals surface area (Å²) in [7, 11) is 0. The SMILES string of the molecule is CCOC(=O)CSc1nc2sc(CC)cc2c(=O)n1CCc1ccccc1. The van der Waals surface area contributed by atoms with Crippen LogP contribution >= 0.6 is 23.1 Å². The van der Waals surface area contributed by atoms with E-state index in [0.717, 1.165) is 28.1 Å². The average Bonchev–Trinajstić information content (AvgIpc) is 3.10. The molecular formula is C20H22N2O3S2. The zero-order valence-corrected chi connectivity index (χ0v) is 17.1. The lowest BCUT2D eigenvalue weighted by atomic mass is 10.1. The van der Waals surface area contributed by atoms with Crippen LogP contribution in [0.1, 0.15) is 24.3 Å². The van der Waals surface area contributed by atoms with Gasteiger partial charge in [-0.2, -0.15) is 0 Å². The molecule has 0 aliphatic carbocycles. The van der Waals surface area contributed by atoms with Crippen molar-refractivity contribution in [3.63, 3.8) is 0 Å². The Balaban J connectivity index is 1.93. The zero-order chi connectivity index (χ0) is 19.2. The van der Waals surface area contributed by atoms with Crippen molar-refractivity contribution < 1.29 is 9.53 Å². The molecule has 0 atom stereocenters. The monoisotopic (exact) mass is 402 g/mol. The molecule has 0 N–H and O–H groups in total. The van der Waals surface area contributed by atoms with Crippen LogP contribution in [-0.4, -0.2) is 27.9 Å². The number of esters is 1. The highest BCUT2D eigenvalue weighted by Gasteiger charge is 2.16. The van der Waals surface area contributed by atoms with Gasteiger partial charge in [-0.25, -0.2) is 4.98 Å². The van der Waals surface area contributed by atoms with Gasteiger partial charge in [-0.3, -0.25) is 14.2 Å². The summed E-state index contributed by atoms with van der Waals surface area (Å²) in [6, 6.07) is 12.0. The van der Waals surface area contributed by atoms with Gasteiger partial charge in [-0.15, -0.1) is 11.3 Å². The van der Waals surface area contributed by atoms with Crippen LogP contribution < -0.4 is 5.56 Å². The molecule has 5 nitrogen and oxygen atoms in total. The highest BCUT2D eigenvalue weighted by molar-refractivity contribution is 7.99. The number of aromatic nitrogens is 2. The first-order chi connectivity index (χ1) is 13.1. The number of hydrogen-bond donors (Lipinski definition) is 0. The van der Waals surface area contributed by atoms with Gasteiger partial charge in [0.15, 0.2) is 5.16 Å².